The Bertz CT molecular complexity index is 406. The molecule has 1 saturated carbocycles. The van der Waals surface area contributed by atoms with Crippen molar-refractivity contribution in [2.45, 2.75) is 25.2 Å². The highest BCUT2D eigenvalue weighted by Crippen LogP contribution is 2.49. The molecule has 1 N–H and O–H groups in total. The second-order valence-corrected chi connectivity index (χ2v) is 4.20. The molecule has 14 heavy (non-hydrogen) atoms. The van der Waals surface area contributed by atoms with Crippen LogP contribution in [0.5, 0.6) is 5.75 Å². The summed E-state index contributed by atoms with van der Waals surface area (Å²) in [6, 6.07) is 5.71. The van der Waals surface area contributed by atoms with Gasteiger partial charge < -0.3 is 5.11 Å². The molecule has 0 spiro atoms. The Kier molecular flexibility index (Phi) is 1.94. The lowest BCUT2D eigenvalue weighted by atomic mass is 9.96. The maximum atomic E-state index is 9.57. The fourth-order valence-corrected chi connectivity index (χ4v) is 1.75. The zero-order valence-corrected chi connectivity index (χ0v) is 8.60. The van der Waals surface area contributed by atoms with E-state index in [0.29, 0.717) is 10.6 Å². The molecule has 0 bridgehead atoms. The van der Waals surface area contributed by atoms with Gasteiger partial charge in [-0.3, -0.25) is 0 Å². The molecule has 2 nitrogen and oxygen atoms in total. The number of phenolic OH excluding ortho intramolecular Hbond substituents is 1. The van der Waals surface area contributed by atoms with E-state index in [2.05, 4.69) is 6.07 Å². The van der Waals surface area contributed by atoms with Crippen molar-refractivity contribution < 1.29 is 5.11 Å². The summed E-state index contributed by atoms with van der Waals surface area (Å²) < 4.78 is 0. The Labute approximate surface area is 87.7 Å². The number of rotatable bonds is 1. The highest BCUT2D eigenvalue weighted by molar-refractivity contribution is 6.31. The summed E-state index contributed by atoms with van der Waals surface area (Å²) in [5.41, 5.74) is 1.13. The van der Waals surface area contributed by atoms with Gasteiger partial charge in [-0.05, 0) is 37.5 Å². The quantitative estimate of drug-likeness (QED) is 0.770. The van der Waals surface area contributed by atoms with Crippen LogP contribution in [0.4, 0.5) is 0 Å². The minimum atomic E-state index is -0.380. The van der Waals surface area contributed by atoms with Gasteiger partial charge in [0.15, 0.2) is 0 Å². The molecule has 3 heteroatoms. The standard InChI is InChI=1S/C11H10ClNO/c1-7-9(12)4-8(5-10(7)14)11(6-13)2-3-11/h4-5,14H,2-3H2,1H3. The largest absolute Gasteiger partial charge is 0.508 e. The van der Waals surface area contributed by atoms with Gasteiger partial charge >= 0.3 is 0 Å². The third-order valence-corrected chi connectivity index (χ3v) is 3.23. The van der Waals surface area contributed by atoms with E-state index >= 15 is 0 Å². The van der Waals surface area contributed by atoms with Crippen LogP contribution in [-0.2, 0) is 5.41 Å². The summed E-state index contributed by atoms with van der Waals surface area (Å²) in [6.45, 7) is 1.76. The predicted octanol–water partition coefficient (Wildman–Crippen LogP) is 2.91. The first-order valence-electron chi connectivity index (χ1n) is 4.50. The van der Waals surface area contributed by atoms with Crippen molar-refractivity contribution in [3.8, 4) is 11.8 Å². The Balaban J connectivity index is 2.53. The molecule has 0 unspecified atom stereocenters. The van der Waals surface area contributed by atoms with Crippen molar-refractivity contribution >= 4 is 11.6 Å². The zero-order valence-electron chi connectivity index (χ0n) is 7.84. The zero-order chi connectivity index (χ0) is 10.3. The van der Waals surface area contributed by atoms with Crippen molar-refractivity contribution in [2.75, 3.05) is 0 Å². The molecule has 0 heterocycles. The fourth-order valence-electron chi connectivity index (χ4n) is 1.53. The summed E-state index contributed by atoms with van der Waals surface area (Å²) in [6.07, 6.45) is 1.73. The van der Waals surface area contributed by atoms with Crippen molar-refractivity contribution in [3.63, 3.8) is 0 Å². The molecule has 1 fully saturated rings. The lowest BCUT2D eigenvalue weighted by Crippen LogP contribution is -2.02. The number of hydrogen-bond acceptors (Lipinski definition) is 2. The third kappa shape index (κ3) is 1.25. The van der Waals surface area contributed by atoms with Crippen molar-refractivity contribution in [2.24, 2.45) is 0 Å². The summed E-state index contributed by atoms with van der Waals surface area (Å²) in [7, 11) is 0. The molecule has 0 aromatic heterocycles. The van der Waals surface area contributed by atoms with Gasteiger partial charge in [-0.1, -0.05) is 11.6 Å². The minimum Gasteiger partial charge on any atom is -0.508 e. The van der Waals surface area contributed by atoms with Gasteiger partial charge in [-0.25, -0.2) is 0 Å². The van der Waals surface area contributed by atoms with Crippen molar-refractivity contribution in [1.82, 2.24) is 0 Å². The summed E-state index contributed by atoms with van der Waals surface area (Å²) in [5, 5.41) is 19.1. The number of nitriles is 1. The van der Waals surface area contributed by atoms with Gasteiger partial charge in [0, 0.05) is 10.6 Å². The molecule has 1 aliphatic rings. The Morgan fingerprint density at radius 3 is 2.57 bits per heavy atom. The second kappa shape index (κ2) is 2.90. The number of hydrogen-bond donors (Lipinski definition) is 1. The van der Waals surface area contributed by atoms with Crippen LogP contribution in [-0.4, -0.2) is 5.11 Å². The SMILES string of the molecule is Cc1c(O)cc(C2(C#N)CC2)cc1Cl. The molecule has 1 aromatic carbocycles. The van der Waals surface area contributed by atoms with Crippen LogP contribution in [0.3, 0.4) is 0 Å². The van der Waals surface area contributed by atoms with Gasteiger partial charge in [0.2, 0.25) is 0 Å². The monoisotopic (exact) mass is 207 g/mol. The average molecular weight is 208 g/mol. The van der Waals surface area contributed by atoms with E-state index in [1.54, 1.807) is 19.1 Å². The lowest BCUT2D eigenvalue weighted by molar-refractivity contribution is 0.470. The van der Waals surface area contributed by atoms with Gasteiger partial charge in [0.25, 0.3) is 0 Å². The maximum Gasteiger partial charge on any atom is 0.120 e. The normalized spacial score (nSPS) is 17.5. The van der Waals surface area contributed by atoms with E-state index in [-0.39, 0.29) is 11.2 Å². The molecule has 0 radical (unpaired) electrons. The number of phenols is 1. The topological polar surface area (TPSA) is 44.0 Å². The smallest absolute Gasteiger partial charge is 0.120 e. The summed E-state index contributed by atoms with van der Waals surface area (Å²) >= 11 is 5.94. The van der Waals surface area contributed by atoms with E-state index < -0.39 is 0 Å². The van der Waals surface area contributed by atoms with Gasteiger partial charge in [0.1, 0.15) is 5.75 Å². The highest BCUT2D eigenvalue weighted by atomic mass is 35.5. The van der Waals surface area contributed by atoms with E-state index in [4.69, 9.17) is 16.9 Å². The van der Waals surface area contributed by atoms with E-state index in [1.807, 2.05) is 0 Å². The van der Waals surface area contributed by atoms with Crippen LogP contribution in [0, 0.1) is 18.3 Å². The highest BCUT2D eigenvalue weighted by Gasteiger charge is 2.45. The molecule has 1 aromatic rings. The molecule has 0 amide bonds. The summed E-state index contributed by atoms with van der Waals surface area (Å²) in [5.74, 6) is 0.175. The van der Waals surface area contributed by atoms with Crippen LogP contribution in [0.15, 0.2) is 12.1 Å². The predicted molar refractivity (Wildman–Crippen MR) is 54.4 cm³/mol. The number of benzene rings is 1. The molecule has 72 valence electrons. The van der Waals surface area contributed by atoms with Gasteiger partial charge in [0.05, 0.1) is 11.5 Å². The molecule has 1 aliphatic carbocycles. The van der Waals surface area contributed by atoms with E-state index in [0.717, 1.165) is 18.4 Å². The van der Waals surface area contributed by atoms with Crippen LogP contribution in [0.25, 0.3) is 0 Å². The van der Waals surface area contributed by atoms with E-state index in [1.165, 1.54) is 0 Å². The first-order chi connectivity index (χ1) is 6.59. The molecule has 0 atom stereocenters. The van der Waals surface area contributed by atoms with Crippen molar-refractivity contribution in [3.05, 3.63) is 28.3 Å². The first kappa shape index (κ1) is 9.36. The average Bonchev–Trinajstić information content (AvgIpc) is 2.94. The molecule has 2 rings (SSSR count). The number of halogens is 1. The number of aromatic hydroxyl groups is 1. The fraction of sp³-hybridized carbons (Fsp3) is 0.364. The second-order valence-electron chi connectivity index (χ2n) is 3.80. The lowest BCUT2D eigenvalue weighted by Gasteiger charge is -2.09. The molecular formula is C11H10ClNO. The molecule has 0 aliphatic heterocycles. The molecular weight excluding hydrogens is 198 g/mol. The Morgan fingerprint density at radius 1 is 1.50 bits per heavy atom. The van der Waals surface area contributed by atoms with Gasteiger partial charge in [-0.2, -0.15) is 5.26 Å². The van der Waals surface area contributed by atoms with Crippen LogP contribution < -0.4 is 0 Å². The maximum absolute atomic E-state index is 9.57. The van der Waals surface area contributed by atoms with Crippen LogP contribution >= 0.6 is 11.6 Å². The molecule has 0 saturated heterocycles. The minimum absolute atomic E-state index is 0.175. The Hall–Kier alpha value is -1.20. The first-order valence-corrected chi connectivity index (χ1v) is 4.88. The number of nitrogens with zero attached hydrogens (tertiary/aromatic N) is 1. The summed E-state index contributed by atoms with van der Waals surface area (Å²) in [4.78, 5) is 0. The van der Waals surface area contributed by atoms with E-state index in [9.17, 15) is 5.11 Å². The van der Waals surface area contributed by atoms with Gasteiger partial charge in [-0.15, -0.1) is 0 Å². The Morgan fingerprint density at radius 2 is 2.14 bits per heavy atom. The van der Waals surface area contributed by atoms with Crippen LogP contribution in [0.1, 0.15) is 24.0 Å². The third-order valence-electron chi connectivity index (χ3n) is 2.83. The van der Waals surface area contributed by atoms with Crippen LogP contribution in [0.2, 0.25) is 5.02 Å². The van der Waals surface area contributed by atoms with Crippen molar-refractivity contribution in [1.29, 1.82) is 5.26 Å².